The predicted octanol–water partition coefficient (Wildman–Crippen LogP) is 15.9. The van der Waals surface area contributed by atoms with Gasteiger partial charge in [-0.2, -0.15) is 13.2 Å². The maximum absolute atomic E-state index is 14.8. The molecule has 58 heavy (non-hydrogen) atoms. The molecule has 0 amide bonds. The van der Waals surface area contributed by atoms with Crippen LogP contribution in [0.1, 0.15) is 5.56 Å². The van der Waals surface area contributed by atoms with E-state index in [0.717, 1.165) is 63.8 Å². The topological polar surface area (TPSA) is 14.2 Å². The smallest absolute Gasteiger partial charge is 0.310 e. The van der Waals surface area contributed by atoms with Gasteiger partial charge in [-0.15, -0.1) is 22.7 Å². The van der Waals surface area contributed by atoms with Crippen LogP contribution in [0, 0.1) is 6.57 Å². The first-order valence-electron chi connectivity index (χ1n) is 18.8. The Morgan fingerprint density at radius 1 is 0.448 bits per heavy atom. The molecule has 8 heteroatoms. The van der Waals surface area contributed by atoms with Gasteiger partial charge in [0.1, 0.15) is 0 Å². The normalized spacial score (nSPS) is 12.4. The van der Waals surface area contributed by atoms with Crippen LogP contribution in [0.15, 0.2) is 158 Å². The minimum Gasteiger partial charge on any atom is -0.310 e. The molecular weight excluding hydrogens is 764 g/mol. The highest BCUT2D eigenvalue weighted by Gasteiger charge is 2.32. The Labute approximate surface area is 336 Å². The Hall–Kier alpha value is -6.92. The van der Waals surface area contributed by atoms with Crippen LogP contribution in [0.5, 0.6) is 0 Å². The van der Waals surface area contributed by atoms with Crippen molar-refractivity contribution in [3.8, 4) is 22.5 Å². The molecule has 12 rings (SSSR count). The molecule has 0 unspecified atom stereocenters. The van der Waals surface area contributed by atoms with Gasteiger partial charge in [-0.25, -0.2) is 4.85 Å². The number of thiophene rings is 2. The van der Waals surface area contributed by atoms with Crippen LogP contribution < -0.4 is 0 Å². The molecule has 0 spiro atoms. The number of alkyl halides is 3. The Balaban J connectivity index is 1.21. The number of hydrogen-bond acceptors (Lipinski definition) is 2. The van der Waals surface area contributed by atoms with Crippen LogP contribution in [0.25, 0.3) is 111 Å². The fourth-order valence-electron chi connectivity index (χ4n) is 9.11. The number of fused-ring (bicyclic) bond motifs is 14. The number of aromatic nitrogens is 2. The summed E-state index contributed by atoms with van der Waals surface area (Å²) in [6.07, 6.45) is -4.59. The van der Waals surface area contributed by atoms with Crippen LogP contribution in [-0.4, -0.2) is 9.13 Å². The van der Waals surface area contributed by atoms with Crippen molar-refractivity contribution in [3.05, 3.63) is 175 Å². The Morgan fingerprint density at radius 2 is 0.966 bits per heavy atom. The summed E-state index contributed by atoms with van der Waals surface area (Å²) in [5.74, 6) is 0. The maximum Gasteiger partial charge on any atom is 0.416 e. The number of rotatable bonds is 3. The third kappa shape index (κ3) is 4.60. The minimum absolute atomic E-state index is 0.394. The van der Waals surface area contributed by atoms with Gasteiger partial charge < -0.3 is 9.13 Å². The van der Waals surface area contributed by atoms with E-state index >= 15 is 0 Å². The van der Waals surface area contributed by atoms with Crippen molar-refractivity contribution in [2.24, 2.45) is 0 Å². The molecule has 3 nitrogen and oxygen atoms in total. The van der Waals surface area contributed by atoms with Gasteiger partial charge in [0.25, 0.3) is 0 Å². The number of halogens is 3. The van der Waals surface area contributed by atoms with E-state index < -0.39 is 11.7 Å². The number of benzene rings is 8. The highest BCUT2D eigenvalue weighted by Crippen LogP contribution is 2.48. The number of nitrogens with zero attached hydrogens (tertiary/aromatic N) is 3. The van der Waals surface area contributed by atoms with Crippen LogP contribution >= 0.6 is 22.7 Å². The summed E-state index contributed by atoms with van der Waals surface area (Å²) in [5.41, 5.74) is 5.52. The molecule has 0 N–H and O–H groups in total. The van der Waals surface area contributed by atoms with Crippen LogP contribution in [0.2, 0.25) is 0 Å². The summed E-state index contributed by atoms with van der Waals surface area (Å²) < 4.78 is 53.4. The first kappa shape index (κ1) is 33.2. The van der Waals surface area contributed by atoms with E-state index in [-0.39, 0.29) is 0 Å². The molecule has 4 aromatic heterocycles. The standard InChI is InChI=1S/C50H26F3N3S2/c1-54-29-19-20-30(43(27-29)56-39-15-7-3-13-36(39)47-42(56)25-22-34-32-11-5-9-17-45(32)58-49(34)47)37-26-28(50(51,52)53)18-23-40(37)55-38-14-6-2-12-35(38)46-41(55)24-21-33-31-10-4-8-16-44(31)57-48(33)46/h2-27H. The Bertz CT molecular complexity index is 3760. The fraction of sp³-hybridized carbons (Fsp3) is 0.0200. The first-order chi connectivity index (χ1) is 28.4. The van der Waals surface area contributed by atoms with Gasteiger partial charge in [0.05, 0.1) is 39.9 Å². The zero-order valence-electron chi connectivity index (χ0n) is 30.3. The largest absolute Gasteiger partial charge is 0.416 e. The molecule has 4 heterocycles. The monoisotopic (exact) mass is 789 g/mol. The fourth-order valence-corrected chi connectivity index (χ4v) is 11.6. The lowest BCUT2D eigenvalue weighted by Crippen LogP contribution is -2.08. The van der Waals surface area contributed by atoms with Crippen molar-refractivity contribution < 1.29 is 13.2 Å². The lowest BCUT2D eigenvalue weighted by Gasteiger charge is -2.20. The van der Waals surface area contributed by atoms with Gasteiger partial charge in [0, 0.05) is 78.7 Å². The highest BCUT2D eigenvalue weighted by atomic mass is 32.1. The summed E-state index contributed by atoms with van der Waals surface area (Å²) in [7, 11) is 0. The van der Waals surface area contributed by atoms with Gasteiger partial charge in [-0.1, -0.05) is 97.1 Å². The van der Waals surface area contributed by atoms with Gasteiger partial charge in [-0.3, -0.25) is 0 Å². The maximum atomic E-state index is 14.8. The van der Waals surface area contributed by atoms with Gasteiger partial charge >= 0.3 is 6.18 Å². The number of para-hydroxylation sites is 2. The molecule has 0 fully saturated rings. The van der Waals surface area contributed by atoms with Crippen molar-refractivity contribution in [3.63, 3.8) is 0 Å². The van der Waals surface area contributed by atoms with E-state index in [1.165, 1.54) is 32.3 Å². The summed E-state index contributed by atoms with van der Waals surface area (Å²) in [5, 5.41) is 8.88. The summed E-state index contributed by atoms with van der Waals surface area (Å²) in [6.45, 7) is 8.06. The third-order valence-corrected chi connectivity index (χ3v) is 14.0. The molecule has 274 valence electrons. The van der Waals surface area contributed by atoms with Crippen molar-refractivity contribution in [1.29, 1.82) is 0 Å². The second-order valence-electron chi connectivity index (χ2n) is 14.6. The average molecular weight is 790 g/mol. The van der Waals surface area contributed by atoms with Crippen LogP contribution in [-0.2, 0) is 6.18 Å². The Kier molecular flexibility index (Phi) is 6.90. The lowest BCUT2D eigenvalue weighted by molar-refractivity contribution is -0.137. The Morgan fingerprint density at radius 3 is 1.52 bits per heavy atom. The van der Waals surface area contributed by atoms with Crippen molar-refractivity contribution in [2.75, 3.05) is 0 Å². The van der Waals surface area contributed by atoms with Crippen molar-refractivity contribution in [2.45, 2.75) is 6.18 Å². The second-order valence-corrected chi connectivity index (χ2v) is 16.7. The zero-order chi connectivity index (χ0) is 38.9. The molecule has 0 bridgehead atoms. The quantitative estimate of drug-likeness (QED) is 0.158. The molecular formula is C50H26F3N3S2. The van der Waals surface area contributed by atoms with Crippen LogP contribution in [0.3, 0.4) is 0 Å². The van der Waals surface area contributed by atoms with Crippen molar-refractivity contribution in [1.82, 2.24) is 9.13 Å². The van der Waals surface area contributed by atoms with Crippen LogP contribution in [0.4, 0.5) is 18.9 Å². The molecule has 8 aromatic carbocycles. The highest BCUT2D eigenvalue weighted by molar-refractivity contribution is 7.27. The second kappa shape index (κ2) is 12.0. The van der Waals surface area contributed by atoms with E-state index in [9.17, 15) is 13.2 Å². The van der Waals surface area contributed by atoms with E-state index in [0.29, 0.717) is 28.2 Å². The molecule has 0 atom stereocenters. The lowest BCUT2D eigenvalue weighted by atomic mass is 9.97. The molecule has 0 aliphatic rings. The van der Waals surface area contributed by atoms with E-state index in [1.54, 1.807) is 34.8 Å². The summed E-state index contributed by atoms with van der Waals surface area (Å²) >= 11 is 3.48. The molecule has 0 radical (unpaired) electrons. The molecule has 0 saturated carbocycles. The SMILES string of the molecule is [C-]#[N+]c1ccc(-c2cc(C(F)(F)F)ccc2-n2c3ccccc3c3c4sc5ccccc5c4ccc32)c(-n2c3ccccc3c3c4sc5ccccc5c4ccc32)c1. The van der Waals surface area contributed by atoms with Gasteiger partial charge in [0.2, 0.25) is 0 Å². The summed E-state index contributed by atoms with van der Waals surface area (Å²) in [4.78, 5) is 3.83. The minimum atomic E-state index is -4.59. The molecule has 0 aliphatic carbocycles. The molecule has 0 saturated heterocycles. The van der Waals surface area contributed by atoms with E-state index in [4.69, 9.17) is 6.57 Å². The molecule has 0 aliphatic heterocycles. The third-order valence-electron chi connectivity index (χ3n) is 11.6. The number of hydrogen-bond donors (Lipinski definition) is 0. The predicted molar refractivity (Wildman–Crippen MR) is 238 cm³/mol. The van der Waals surface area contributed by atoms with Gasteiger partial charge in [-0.05, 0) is 60.7 Å². The summed E-state index contributed by atoms with van der Waals surface area (Å²) in [6, 6.07) is 51.0. The van der Waals surface area contributed by atoms with Gasteiger partial charge in [0.15, 0.2) is 5.69 Å². The van der Waals surface area contributed by atoms with E-state index in [2.05, 4.69) is 98.9 Å². The van der Waals surface area contributed by atoms with Crippen molar-refractivity contribution >= 4 is 112 Å². The van der Waals surface area contributed by atoms with E-state index in [1.807, 2.05) is 48.5 Å². The average Bonchev–Trinajstić information content (AvgIpc) is 4.00. The molecule has 12 aromatic rings. The zero-order valence-corrected chi connectivity index (χ0v) is 31.9. The first-order valence-corrected chi connectivity index (χ1v) is 20.4.